The van der Waals surface area contributed by atoms with Crippen molar-refractivity contribution in [3.8, 4) is 5.75 Å². The minimum atomic E-state index is -3.79. The highest BCUT2D eigenvalue weighted by Crippen LogP contribution is 2.29. The van der Waals surface area contributed by atoms with Crippen molar-refractivity contribution < 1.29 is 18.1 Å². The van der Waals surface area contributed by atoms with E-state index in [1.807, 2.05) is 13.8 Å². The Bertz CT molecular complexity index is 870. The summed E-state index contributed by atoms with van der Waals surface area (Å²) in [4.78, 5) is 10.2. The summed E-state index contributed by atoms with van der Waals surface area (Å²) in [5, 5.41) is 10.7. The van der Waals surface area contributed by atoms with E-state index < -0.39 is 14.8 Å². The Morgan fingerprint density at radius 3 is 2.21 bits per heavy atom. The zero-order valence-corrected chi connectivity index (χ0v) is 14.1. The number of hydrogen-bond acceptors (Lipinski definition) is 5. The summed E-state index contributed by atoms with van der Waals surface area (Å²) in [6.07, 6.45) is 1.47. The van der Waals surface area contributed by atoms with Crippen molar-refractivity contribution in [1.82, 2.24) is 0 Å². The normalized spacial score (nSPS) is 11.3. The Balaban J connectivity index is 2.45. The predicted molar refractivity (Wildman–Crippen MR) is 90.8 cm³/mol. The molecule has 0 saturated heterocycles. The van der Waals surface area contributed by atoms with Gasteiger partial charge in [-0.25, -0.2) is 8.42 Å². The second-order valence-corrected chi connectivity index (χ2v) is 7.27. The first-order valence-corrected chi connectivity index (χ1v) is 8.66. The fourth-order valence-electron chi connectivity index (χ4n) is 2.10. The molecule has 0 saturated carbocycles. The first-order valence-electron chi connectivity index (χ1n) is 7.18. The zero-order chi connectivity index (χ0) is 17.9. The van der Waals surface area contributed by atoms with Crippen LogP contribution in [0.1, 0.15) is 19.4 Å². The van der Waals surface area contributed by atoms with Crippen molar-refractivity contribution in [3.63, 3.8) is 0 Å². The van der Waals surface area contributed by atoms with Crippen LogP contribution in [0.2, 0.25) is 0 Å². The van der Waals surface area contributed by atoms with Crippen LogP contribution < -0.4 is 4.74 Å². The average molecular weight is 347 g/mol. The lowest BCUT2D eigenvalue weighted by atomic mass is 10.2. The van der Waals surface area contributed by atoms with E-state index in [1.54, 1.807) is 6.07 Å². The zero-order valence-electron chi connectivity index (χ0n) is 13.3. The van der Waals surface area contributed by atoms with E-state index in [0.717, 1.165) is 12.1 Å². The second-order valence-electron chi connectivity index (χ2n) is 5.32. The van der Waals surface area contributed by atoms with Crippen molar-refractivity contribution in [1.29, 1.82) is 0 Å². The molecule has 0 heterocycles. The summed E-state index contributed by atoms with van der Waals surface area (Å²) in [6.45, 7) is 7.41. The number of sulfone groups is 1. The molecular formula is C17H17NO5S. The molecule has 0 fully saturated rings. The van der Waals surface area contributed by atoms with E-state index in [9.17, 15) is 18.5 Å². The molecule has 2 aromatic rings. The third-order valence-corrected chi connectivity index (χ3v) is 5.00. The van der Waals surface area contributed by atoms with Crippen molar-refractivity contribution in [3.05, 3.63) is 64.7 Å². The molecule has 0 N–H and O–H groups in total. The van der Waals surface area contributed by atoms with Gasteiger partial charge in [-0.05, 0) is 44.2 Å². The maximum Gasteiger partial charge on any atom is 0.269 e. The van der Waals surface area contributed by atoms with Crippen LogP contribution in [0.5, 0.6) is 5.75 Å². The molecule has 126 valence electrons. The Kier molecular flexibility index (Phi) is 5.04. The standard InChI is InChI=1S/C17H17NO5S/c1-4-13-11-16(9-10-17(13)23-12(2)3)24(21,22)15-7-5-14(6-8-15)18(19)20/h4-12H,1H2,2-3H3. The van der Waals surface area contributed by atoms with Gasteiger partial charge in [0.05, 0.1) is 20.8 Å². The molecule has 0 spiro atoms. The smallest absolute Gasteiger partial charge is 0.269 e. The summed E-state index contributed by atoms with van der Waals surface area (Å²) in [5.74, 6) is 0.544. The quantitative estimate of drug-likeness (QED) is 0.585. The lowest BCUT2D eigenvalue weighted by Gasteiger charge is -2.14. The van der Waals surface area contributed by atoms with Crippen LogP contribution in [-0.2, 0) is 9.84 Å². The van der Waals surface area contributed by atoms with E-state index in [-0.39, 0.29) is 21.6 Å². The van der Waals surface area contributed by atoms with Crippen LogP contribution in [0.25, 0.3) is 6.08 Å². The lowest BCUT2D eigenvalue weighted by molar-refractivity contribution is -0.384. The number of nitrogens with zero attached hydrogens (tertiary/aromatic N) is 1. The number of ether oxygens (including phenoxy) is 1. The first kappa shape index (κ1) is 17.7. The number of nitro benzene ring substituents is 1. The Labute approximate surface area is 140 Å². The van der Waals surface area contributed by atoms with Gasteiger partial charge in [0.25, 0.3) is 5.69 Å². The summed E-state index contributed by atoms with van der Waals surface area (Å²) < 4.78 is 31.0. The molecule has 0 radical (unpaired) electrons. The topological polar surface area (TPSA) is 86.5 Å². The summed E-state index contributed by atoms with van der Waals surface area (Å²) >= 11 is 0. The fourth-order valence-corrected chi connectivity index (χ4v) is 3.39. The molecule has 0 amide bonds. The molecule has 6 nitrogen and oxygen atoms in total. The largest absolute Gasteiger partial charge is 0.490 e. The highest BCUT2D eigenvalue weighted by atomic mass is 32.2. The maximum absolute atomic E-state index is 12.7. The third-order valence-electron chi connectivity index (χ3n) is 3.23. The Morgan fingerprint density at radius 1 is 1.12 bits per heavy atom. The lowest BCUT2D eigenvalue weighted by Crippen LogP contribution is -2.08. The van der Waals surface area contributed by atoms with Crippen LogP contribution in [0.3, 0.4) is 0 Å². The van der Waals surface area contributed by atoms with Crippen LogP contribution in [-0.4, -0.2) is 19.4 Å². The van der Waals surface area contributed by atoms with Crippen molar-refractivity contribution in [2.75, 3.05) is 0 Å². The molecule has 0 aliphatic heterocycles. The van der Waals surface area contributed by atoms with Gasteiger partial charge in [0.2, 0.25) is 9.84 Å². The van der Waals surface area contributed by atoms with Gasteiger partial charge in [-0.1, -0.05) is 12.7 Å². The SMILES string of the molecule is C=Cc1cc(S(=O)(=O)c2ccc([N+](=O)[O-])cc2)ccc1OC(C)C. The molecule has 0 atom stereocenters. The molecule has 0 aliphatic carbocycles. The molecule has 2 aromatic carbocycles. The van der Waals surface area contributed by atoms with Crippen LogP contribution in [0, 0.1) is 10.1 Å². The average Bonchev–Trinajstić information content (AvgIpc) is 2.54. The minimum Gasteiger partial charge on any atom is -0.490 e. The van der Waals surface area contributed by atoms with Gasteiger partial charge in [-0.15, -0.1) is 0 Å². The molecule has 2 rings (SSSR count). The number of benzene rings is 2. The summed E-state index contributed by atoms with van der Waals surface area (Å²) in [7, 11) is -3.79. The number of nitro groups is 1. The summed E-state index contributed by atoms with van der Waals surface area (Å²) in [6, 6.07) is 9.27. The molecular weight excluding hydrogens is 330 g/mol. The predicted octanol–water partition coefficient (Wildman–Crippen LogP) is 3.86. The molecule has 0 aromatic heterocycles. The Hall–Kier alpha value is -2.67. The van der Waals surface area contributed by atoms with E-state index in [2.05, 4.69) is 6.58 Å². The van der Waals surface area contributed by atoms with Crippen molar-refractivity contribution in [2.24, 2.45) is 0 Å². The van der Waals surface area contributed by atoms with Gasteiger partial charge in [0.1, 0.15) is 5.75 Å². The van der Waals surface area contributed by atoms with Gasteiger partial charge in [-0.3, -0.25) is 10.1 Å². The minimum absolute atomic E-state index is 0.0133. The maximum atomic E-state index is 12.7. The second kappa shape index (κ2) is 6.84. The first-order chi connectivity index (χ1) is 11.3. The fraction of sp³-hybridized carbons (Fsp3) is 0.176. The molecule has 0 unspecified atom stereocenters. The highest BCUT2D eigenvalue weighted by molar-refractivity contribution is 7.91. The molecule has 0 aliphatic rings. The molecule has 0 bridgehead atoms. The Morgan fingerprint density at radius 2 is 1.71 bits per heavy atom. The van der Waals surface area contributed by atoms with Gasteiger partial charge in [0.15, 0.2) is 0 Å². The van der Waals surface area contributed by atoms with Crippen molar-refractivity contribution in [2.45, 2.75) is 29.7 Å². The van der Waals surface area contributed by atoms with Crippen LogP contribution >= 0.6 is 0 Å². The van der Waals surface area contributed by atoms with Crippen LogP contribution in [0.4, 0.5) is 5.69 Å². The molecule has 7 heteroatoms. The van der Waals surface area contributed by atoms with Gasteiger partial charge < -0.3 is 4.74 Å². The van der Waals surface area contributed by atoms with Crippen molar-refractivity contribution >= 4 is 21.6 Å². The van der Waals surface area contributed by atoms with E-state index >= 15 is 0 Å². The third kappa shape index (κ3) is 3.62. The number of hydrogen-bond donors (Lipinski definition) is 0. The van der Waals surface area contributed by atoms with E-state index in [1.165, 1.54) is 30.3 Å². The van der Waals surface area contributed by atoms with E-state index in [0.29, 0.717) is 11.3 Å². The van der Waals surface area contributed by atoms with Gasteiger partial charge in [-0.2, -0.15) is 0 Å². The number of rotatable bonds is 6. The molecule has 24 heavy (non-hydrogen) atoms. The van der Waals surface area contributed by atoms with Crippen LogP contribution in [0.15, 0.2) is 58.8 Å². The van der Waals surface area contributed by atoms with E-state index in [4.69, 9.17) is 4.74 Å². The monoisotopic (exact) mass is 347 g/mol. The number of non-ortho nitro benzene ring substituents is 1. The van der Waals surface area contributed by atoms with Gasteiger partial charge >= 0.3 is 0 Å². The van der Waals surface area contributed by atoms with Gasteiger partial charge in [0, 0.05) is 17.7 Å². The highest BCUT2D eigenvalue weighted by Gasteiger charge is 2.20. The summed E-state index contributed by atoms with van der Waals surface area (Å²) in [5.41, 5.74) is 0.396.